The van der Waals surface area contributed by atoms with Crippen LogP contribution in [0.25, 0.3) is 21.8 Å². The zero-order valence-corrected chi connectivity index (χ0v) is 22.5. The quantitative estimate of drug-likeness (QED) is 0.185. The van der Waals surface area contributed by atoms with Gasteiger partial charge < -0.3 is 9.47 Å². The van der Waals surface area contributed by atoms with Crippen molar-refractivity contribution in [2.75, 3.05) is 14.2 Å². The molecule has 37 heavy (non-hydrogen) atoms. The number of hydrogen-bond donors (Lipinski definition) is 2. The van der Waals surface area contributed by atoms with Crippen LogP contribution in [0.1, 0.15) is 32.1 Å². The van der Waals surface area contributed by atoms with Crippen LogP contribution in [0.2, 0.25) is 10.0 Å². The summed E-state index contributed by atoms with van der Waals surface area (Å²) in [5.74, 6) is 5.08. The Hall–Kier alpha value is -3.84. The number of nitrogens with one attached hydrogen (secondary N) is 2. The molecule has 2 aromatic heterocycles. The predicted octanol–water partition coefficient (Wildman–Crippen LogP) is 6.17. The van der Waals surface area contributed by atoms with Gasteiger partial charge in [-0.15, -0.1) is 0 Å². The van der Waals surface area contributed by atoms with Crippen molar-refractivity contribution in [3.63, 3.8) is 0 Å². The van der Waals surface area contributed by atoms with Gasteiger partial charge in [-0.3, -0.25) is 10.2 Å². The van der Waals surface area contributed by atoms with Crippen LogP contribution in [0.3, 0.4) is 0 Å². The Morgan fingerprint density at radius 2 is 1.35 bits per heavy atom. The molecule has 0 atom stereocenters. The second kappa shape index (κ2) is 11.5. The zero-order chi connectivity index (χ0) is 26.5. The standard InChI is InChI=1S/C17H11ClN2O2.C9H6BrClN2O2/c1-22-17(21)16-13-9-12(14(18)10-15(13)19-20-16)8-7-11-5-3-2-4-6-11;1-15-9(14)8-4-2-5(10)6(11)3-7(4)12-13-8/h2-6,9-10H,1H3,(H,19,20);2-3H,1H3,(H,12,13). The molecule has 0 fully saturated rings. The first kappa shape index (κ1) is 26.2. The Morgan fingerprint density at radius 3 is 1.92 bits per heavy atom. The van der Waals surface area contributed by atoms with Crippen LogP contribution in [-0.2, 0) is 9.47 Å². The molecule has 5 rings (SSSR count). The van der Waals surface area contributed by atoms with Crippen LogP contribution < -0.4 is 0 Å². The van der Waals surface area contributed by atoms with E-state index in [1.165, 1.54) is 14.2 Å². The van der Waals surface area contributed by atoms with E-state index in [1.807, 2.05) is 30.3 Å². The van der Waals surface area contributed by atoms with E-state index in [-0.39, 0.29) is 11.4 Å². The van der Waals surface area contributed by atoms with Gasteiger partial charge >= 0.3 is 11.9 Å². The lowest BCUT2D eigenvalue weighted by Gasteiger charge is -1.98. The Morgan fingerprint density at radius 1 is 0.811 bits per heavy atom. The summed E-state index contributed by atoms with van der Waals surface area (Å²) in [6, 6.07) is 16.5. The maximum atomic E-state index is 11.7. The maximum Gasteiger partial charge on any atom is 0.359 e. The van der Waals surface area contributed by atoms with E-state index in [4.69, 9.17) is 27.9 Å². The van der Waals surface area contributed by atoms with Crippen molar-refractivity contribution in [2.24, 2.45) is 0 Å². The summed E-state index contributed by atoms with van der Waals surface area (Å²) in [6.45, 7) is 0. The number of halogens is 3. The molecule has 2 N–H and O–H groups in total. The fourth-order valence-electron chi connectivity index (χ4n) is 3.31. The monoisotopic (exact) mass is 598 g/mol. The molecule has 0 amide bonds. The molecule has 186 valence electrons. The van der Waals surface area contributed by atoms with Gasteiger partial charge in [0.05, 0.1) is 35.3 Å². The number of ether oxygens (including phenoxy) is 2. The van der Waals surface area contributed by atoms with Crippen LogP contribution in [0.5, 0.6) is 0 Å². The summed E-state index contributed by atoms with van der Waals surface area (Å²) in [5.41, 5.74) is 3.35. The summed E-state index contributed by atoms with van der Waals surface area (Å²) in [4.78, 5) is 23.0. The minimum Gasteiger partial charge on any atom is -0.464 e. The summed E-state index contributed by atoms with van der Waals surface area (Å²) >= 11 is 15.4. The fraction of sp³-hybridized carbons (Fsp3) is 0.0769. The van der Waals surface area contributed by atoms with Crippen molar-refractivity contribution in [1.82, 2.24) is 20.4 Å². The molecule has 0 spiro atoms. The average Bonchev–Trinajstić information content (AvgIpc) is 3.51. The third-order valence-corrected chi connectivity index (χ3v) is 6.64. The molecule has 0 unspecified atom stereocenters. The van der Waals surface area contributed by atoms with Crippen molar-refractivity contribution in [3.05, 3.63) is 91.6 Å². The highest BCUT2D eigenvalue weighted by Gasteiger charge is 2.17. The SMILES string of the molecule is COC(=O)c1n[nH]c2cc(Cl)c(Br)cc12.COC(=O)c1n[nH]c2cc(Cl)c(C#Cc3ccccc3)cc12. The second-order valence-electron chi connectivity index (χ2n) is 7.43. The van der Waals surface area contributed by atoms with Gasteiger partial charge in [-0.25, -0.2) is 9.59 Å². The smallest absolute Gasteiger partial charge is 0.359 e. The number of rotatable bonds is 2. The first-order valence-electron chi connectivity index (χ1n) is 10.6. The molecule has 0 aliphatic carbocycles. The average molecular weight is 600 g/mol. The topological polar surface area (TPSA) is 110 Å². The number of aromatic amines is 2. The van der Waals surface area contributed by atoms with Crippen molar-refractivity contribution < 1.29 is 19.1 Å². The van der Waals surface area contributed by atoms with Gasteiger partial charge in [-0.2, -0.15) is 10.2 Å². The summed E-state index contributed by atoms with van der Waals surface area (Å²) < 4.78 is 10.0. The molecule has 11 heteroatoms. The number of carbonyl (C=O) groups excluding carboxylic acids is 2. The lowest BCUT2D eigenvalue weighted by Crippen LogP contribution is -2.02. The Kier molecular flexibility index (Phi) is 8.14. The number of benzene rings is 3. The van der Waals surface area contributed by atoms with Crippen molar-refractivity contribution in [1.29, 1.82) is 0 Å². The van der Waals surface area contributed by atoms with E-state index in [2.05, 4.69) is 52.9 Å². The van der Waals surface area contributed by atoms with Crippen LogP contribution in [0.4, 0.5) is 0 Å². The molecule has 0 aliphatic heterocycles. The number of fused-ring (bicyclic) bond motifs is 2. The molecule has 0 radical (unpaired) electrons. The van der Waals surface area contributed by atoms with Gasteiger partial charge in [-0.1, -0.05) is 53.2 Å². The van der Waals surface area contributed by atoms with E-state index in [9.17, 15) is 9.59 Å². The van der Waals surface area contributed by atoms with Gasteiger partial charge in [0.2, 0.25) is 0 Å². The van der Waals surface area contributed by atoms with Gasteiger partial charge in [0.15, 0.2) is 11.4 Å². The van der Waals surface area contributed by atoms with Crippen LogP contribution in [0, 0.1) is 11.8 Å². The third-order valence-electron chi connectivity index (χ3n) is 5.13. The highest BCUT2D eigenvalue weighted by atomic mass is 79.9. The maximum absolute atomic E-state index is 11.7. The minimum atomic E-state index is -0.504. The molecule has 8 nitrogen and oxygen atoms in total. The minimum absolute atomic E-state index is 0.219. The number of methoxy groups -OCH3 is 2. The van der Waals surface area contributed by atoms with E-state index >= 15 is 0 Å². The van der Waals surface area contributed by atoms with Gasteiger partial charge in [0.1, 0.15) is 0 Å². The Bertz CT molecular complexity index is 1690. The van der Waals surface area contributed by atoms with E-state index in [1.54, 1.807) is 24.3 Å². The largest absolute Gasteiger partial charge is 0.464 e. The Balaban J connectivity index is 0.000000186. The number of esters is 2. The number of H-pyrrole nitrogens is 2. The highest BCUT2D eigenvalue weighted by molar-refractivity contribution is 9.10. The first-order valence-corrected chi connectivity index (χ1v) is 12.1. The lowest BCUT2D eigenvalue weighted by atomic mass is 10.1. The molecule has 3 aromatic carbocycles. The lowest BCUT2D eigenvalue weighted by molar-refractivity contribution is 0.0587. The molecule has 0 bridgehead atoms. The van der Waals surface area contributed by atoms with E-state index in [0.29, 0.717) is 41.9 Å². The third kappa shape index (κ3) is 5.78. The molecule has 0 saturated heterocycles. The van der Waals surface area contributed by atoms with Crippen molar-refractivity contribution in [3.8, 4) is 11.8 Å². The normalized spacial score (nSPS) is 10.3. The molecule has 5 aromatic rings. The van der Waals surface area contributed by atoms with Crippen molar-refractivity contribution >= 4 is 72.9 Å². The number of carbonyl (C=O) groups is 2. The summed E-state index contributed by atoms with van der Waals surface area (Å²) in [5, 5.41) is 15.7. The second-order valence-corrected chi connectivity index (χ2v) is 9.10. The molecule has 2 heterocycles. The predicted molar refractivity (Wildman–Crippen MR) is 145 cm³/mol. The van der Waals surface area contributed by atoms with Gasteiger partial charge in [-0.05, 0) is 52.3 Å². The number of hydrogen-bond acceptors (Lipinski definition) is 6. The van der Waals surface area contributed by atoms with Gasteiger partial charge in [0, 0.05) is 26.4 Å². The van der Waals surface area contributed by atoms with Crippen molar-refractivity contribution in [2.45, 2.75) is 0 Å². The summed E-state index contributed by atoms with van der Waals surface area (Å²) in [6.07, 6.45) is 0. The first-order chi connectivity index (χ1) is 17.8. The molecule has 0 aliphatic rings. The highest BCUT2D eigenvalue weighted by Crippen LogP contribution is 2.29. The fourth-order valence-corrected chi connectivity index (χ4v) is 4.03. The van der Waals surface area contributed by atoms with Gasteiger partial charge in [0.25, 0.3) is 0 Å². The zero-order valence-electron chi connectivity index (χ0n) is 19.4. The molecular weight excluding hydrogens is 583 g/mol. The Labute approximate surface area is 229 Å². The molecular formula is C26H17BrCl2N4O4. The van der Waals surface area contributed by atoms with E-state index in [0.717, 1.165) is 5.56 Å². The van der Waals surface area contributed by atoms with Crippen LogP contribution in [-0.4, -0.2) is 46.6 Å². The summed E-state index contributed by atoms with van der Waals surface area (Å²) in [7, 11) is 2.63. The van der Waals surface area contributed by atoms with Crippen LogP contribution >= 0.6 is 39.1 Å². The molecule has 0 saturated carbocycles. The number of nitrogens with zero attached hydrogens (tertiary/aromatic N) is 2. The van der Waals surface area contributed by atoms with E-state index < -0.39 is 11.9 Å². The van der Waals surface area contributed by atoms with Crippen LogP contribution in [0.15, 0.2) is 59.1 Å². The number of aromatic nitrogens is 4.